The first kappa shape index (κ1) is 14.2. The molecule has 0 aromatic heterocycles. The van der Waals surface area contributed by atoms with Crippen LogP contribution in [0.5, 0.6) is 0 Å². The maximum absolute atomic E-state index is 11.7. The minimum atomic E-state index is -0.520. The predicted octanol–water partition coefficient (Wildman–Crippen LogP) is 1.63. The number of hydrogen-bond acceptors (Lipinski definition) is 3. The Morgan fingerprint density at radius 2 is 2.00 bits per heavy atom. The summed E-state index contributed by atoms with van der Waals surface area (Å²) in [5.41, 5.74) is 7.88. The van der Waals surface area contributed by atoms with Gasteiger partial charge in [0, 0.05) is 18.3 Å². The van der Waals surface area contributed by atoms with Crippen molar-refractivity contribution in [3.05, 3.63) is 23.8 Å². The molecule has 0 fully saturated rings. The third-order valence-corrected chi connectivity index (χ3v) is 2.59. The van der Waals surface area contributed by atoms with Gasteiger partial charge >= 0.3 is 0 Å². The third kappa shape index (κ3) is 3.85. The van der Waals surface area contributed by atoms with Gasteiger partial charge in [-0.05, 0) is 31.0 Å². The second kappa shape index (κ2) is 6.16. The maximum atomic E-state index is 11.7. The fourth-order valence-electron chi connectivity index (χ4n) is 1.45. The van der Waals surface area contributed by atoms with Crippen molar-refractivity contribution in [1.82, 2.24) is 0 Å². The van der Waals surface area contributed by atoms with Crippen LogP contribution in [0.1, 0.15) is 25.8 Å². The summed E-state index contributed by atoms with van der Waals surface area (Å²) in [6, 6.07) is 4.82. The molecule has 1 atom stereocenters. The van der Waals surface area contributed by atoms with Crippen LogP contribution in [0, 0.1) is 6.92 Å². The molecule has 2 amide bonds. The summed E-state index contributed by atoms with van der Waals surface area (Å²) in [7, 11) is 0. The molecule has 1 aromatic carbocycles. The molecule has 0 saturated heterocycles. The predicted molar refractivity (Wildman–Crippen MR) is 72.4 cm³/mol. The summed E-state index contributed by atoms with van der Waals surface area (Å²) in [6.45, 7) is 5.17. The molecular formula is C13H19N3O2. The number of rotatable bonds is 4. The van der Waals surface area contributed by atoms with Gasteiger partial charge in [0.05, 0.1) is 6.04 Å². The Morgan fingerprint density at radius 1 is 1.33 bits per heavy atom. The van der Waals surface area contributed by atoms with Crippen LogP contribution < -0.4 is 16.4 Å². The van der Waals surface area contributed by atoms with Crippen molar-refractivity contribution in [2.45, 2.75) is 33.2 Å². The zero-order chi connectivity index (χ0) is 13.7. The maximum Gasteiger partial charge on any atom is 0.241 e. The molecule has 5 nitrogen and oxygen atoms in total. The van der Waals surface area contributed by atoms with Gasteiger partial charge < -0.3 is 16.4 Å². The molecule has 98 valence electrons. The Morgan fingerprint density at radius 3 is 2.56 bits per heavy atom. The molecule has 0 bridgehead atoms. The zero-order valence-electron chi connectivity index (χ0n) is 10.9. The molecule has 0 aliphatic rings. The highest BCUT2D eigenvalue weighted by molar-refractivity contribution is 5.96. The SMILES string of the molecule is CC[C@@H](N)C(=O)Nc1cc(NC(C)=O)ccc1C. The highest BCUT2D eigenvalue weighted by Crippen LogP contribution is 2.20. The molecule has 0 radical (unpaired) electrons. The number of carbonyl (C=O) groups is 2. The van der Waals surface area contributed by atoms with Gasteiger partial charge in [-0.25, -0.2) is 0 Å². The summed E-state index contributed by atoms with van der Waals surface area (Å²) in [5.74, 6) is -0.373. The Hall–Kier alpha value is -1.88. The van der Waals surface area contributed by atoms with Crippen LogP contribution in [0.15, 0.2) is 18.2 Å². The molecule has 0 saturated carbocycles. The third-order valence-electron chi connectivity index (χ3n) is 2.59. The number of anilines is 2. The van der Waals surface area contributed by atoms with Crippen molar-refractivity contribution < 1.29 is 9.59 Å². The van der Waals surface area contributed by atoms with Crippen molar-refractivity contribution in [3.8, 4) is 0 Å². The standard InChI is InChI=1S/C13H19N3O2/c1-4-11(14)13(18)16-12-7-10(15-9(3)17)6-5-8(12)2/h5-7,11H,4,14H2,1-3H3,(H,15,17)(H,16,18)/t11-/m1/s1. The minimum absolute atomic E-state index is 0.151. The van der Waals surface area contributed by atoms with Crippen molar-refractivity contribution in [3.63, 3.8) is 0 Å². The summed E-state index contributed by atoms with van der Waals surface area (Å²) < 4.78 is 0. The summed E-state index contributed by atoms with van der Waals surface area (Å²) in [4.78, 5) is 22.7. The molecule has 5 heteroatoms. The van der Waals surface area contributed by atoms with E-state index in [4.69, 9.17) is 5.73 Å². The summed E-state index contributed by atoms with van der Waals surface area (Å²) in [5, 5.41) is 5.43. The summed E-state index contributed by atoms with van der Waals surface area (Å²) >= 11 is 0. The highest BCUT2D eigenvalue weighted by atomic mass is 16.2. The molecule has 0 aliphatic heterocycles. The van der Waals surface area contributed by atoms with Gasteiger partial charge in [-0.15, -0.1) is 0 Å². The van der Waals surface area contributed by atoms with E-state index >= 15 is 0 Å². The van der Waals surface area contributed by atoms with E-state index in [-0.39, 0.29) is 11.8 Å². The quantitative estimate of drug-likeness (QED) is 0.758. The fourth-order valence-corrected chi connectivity index (χ4v) is 1.45. The molecule has 1 aromatic rings. The monoisotopic (exact) mass is 249 g/mol. The lowest BCUT2D eigenvalue weighted by Gasteiger charge is -2.13. The number of carbonyl (C=O) groups excluding carboxylic acids is 2. The lowest BCUT2D eigenvalue weighted by atomic mass is 10.1. The zero-order valence-corrected chi connectivity index (χ0v) is 10.9. The molecule has 0 spiro atoms. The van der Waals surface area contributed by atoms with Crippen LogP contribution >= 0.6 is 0 Å². The fraction of sp³-hybridized carbons (Fsp3) is 0.385. The molecule has 1 rings (SSSR count). The van der Waals surface area contributed by atoms with E-state index < -0.39 is 6.04 Å². The topological polar surface area (TPSA) is 84.2 Å². The van der Waals surface area contributed by atoms with E-state index in [1.165, 1.54) is 6.92 Å². The first-order chi connectivity index (χ1) is 8.43. The largest absolute Gasteiger partial charge is 0.326 e. The van der Waals surface area contributed by atoms with Gasteiger partial charge in [-0.2, -0.15) is 0 Å². The van der Waals surface area contributed by atoms with Crippen molar-refractivity contribution in [2.75, 3.05) is 10.6 Å². The van der Waals surface area contributed by atoms with E-state index in [0.717, 1.165) is 5.56 Å². The Bertz CT molecular complexity index is 458. The molecule has 18 heavy (non-hydrogen) atoms. The number of hydrogen-bond donors (Lipinski definition) is 3. The second-order valence-corrected chi connectivity index (χ2v) is 4.21. The molecule has 0 heterocycles. The van der Waals surface area contributed by atoms with Gasteiger partial charge in [-0.3, -0.25) is 9.59 Å². The van der Waals surface area contributed by atoms with Crippen molar-refractivity contribution >= 4 is 23.2 Å². The van der Waals surface area contributed by atoms with E-state index in [9.17, 15) is 9.59 Å². The van der Waals surface area contributed by atoms with Crippen molar-refractivity contribution in [2.24, 2.45) is 5.73 Å². The number of benzene rings is 1. The lowest BCUT2D eigenvalue weighted by Crippen LogP contribution is -2.35. The van der Waals surface area contributed by atoms with Crippen LogP contribution in [-0.4, -0.2) is 17.9 Å². The highest BCUT2D eigenvalue weighted by Gasteiger charge is 2.12. The van der Waals surface area contributed by atoms with Crippen LogP contribution in [-0.2, 0) is 9.59 Å². The average molecular weight is 249 g/mol. The van der Waals surface area contributed by atoms with Crippen LogP contribution in [0.4, 0.5) is 11.4 Å². The van der Waals surface area contributed by atoms with Gasteiger partial charge in [0.15, 0.2) is 0 Å². The Balaban J connectivity index is 2.87. The number of aryl methyl sites for hydroxylation is 1. The van der Waals surface area contributed by atoms with Gasteiger partial charge in [0.2, 0.25) is 11.8 Å². The molecule has 0 unspecified atom stereocenters. The van der Waals surface area contributed by atoms with E-state index in [2.05, 4.69) is 10.6 Å². The Kier molecular flexibility index (Phi) is 4.85. The average Bonchev–Trinajstić information content (AvgIpc) is 2.31. The minimum Gasteiger partial charge on any atom is -0.326 e. The lowest BCUT2D eigenvalue weighted by molar-refractivity contribution is -0.117. The number of nitrogens with two attached hydrogens (primary N) is 1. The Labute approximate surface area is 107 Å². The molecule has 0 aliphatic carbocycles. The number of nitrogens with one attached hydrogen (secondary N) is 2. The smallest absolute Gasteiger partial charge is 0.241 e. The molecular weight excluding hydrogens is 230 g/mol. The first-order valence-electron chi connectivity index (χ1n) is 5.88. The second-order valence-electron chi connectivity index (χ2n) is 4.21. The van der Waals surface area contributed by atoms with Gasteiger partial charge in [-0.1, -0.05) is 13.0 Å². The van der Waals surface area contributed by atoms with E-state index in [1.807, 2.05) is 19.9 Å². The first-order valence-corrected chi connectivity index (χ1v) is 5.88. The van der Waals surface area contributed by atoms with Crippen LogP contribution in [0.25, 0.3) is 0 Å². The number of amides is 2. The van der Waals surface area contributed by atoms with Gasteiger partial charge in [0.25, 0.3) is 0 Å². The van der Waals surface area contributed by atoms with E-state index in [0.29, 0.717) is 17.8 Å². The van der Waals surface area contributed by atoms with Gasteiger partial charge in [0.1, 0.15) is 0 Å². The molecule has 4 N–H and O–H groups in total. The van der Waals surface area contributed by atoms with E-state index in [1.54, 1.807) is 12.1 Å². The van der Waals surface area contributed by atoms with Crippen LogP contribution in [0.3, 0.4) is 0 Å². The normalized spacial score (nSPS) is 11.8. The van der Waals surface area contributed by atoms with Crippen LogP contribution in [0.2, 0.25) is 0 Å². The van der Waals surface area contributed by atoms with Crippen molar-refractivity contribution in [1.29, 1.82) is 0 Å². The summed E-state index contributed by atoms with van der Waals surface area (Å²) in [6.07, 6.45) is 0.580.